The molecule has 2 aromatic carbocycles. The van der Waals surface area contributed by atoms with Crippen molar-refractivity contribution < 1.29 is 9.90 Å². The van der Waals surface area contributed by atoms with Gasteiger partial charge in [-0.25, -0.2) is 0 Å². The van der Waals surface area contributed by atoms with Crippen molar-refractivity contribution in [2.75, 3.05) is 6.54 Å². The van der Waals surface area contributed by atoms with Gasteiger partial charge in [0.15, 0.2) is 0 Å². The van der Waals surface area contributed by atoms with Crippen molar-refractivity contribution >= 4 is 12.3 Å². The zero-order valence-corrected chi connectivity index (χ0v) is 13.8. The molecule has 4 nitrogen and oxygen atoms in total. The first-order valence-electron chi connectivity index (χ1n) is 8.29. The molecule has 0 saturated heterocycles. The molecule has 0 bridgehead atoms. The van der Waals surface area contributed by atoms with E-state index in [1.165, 1.54) is 17.5 Å². The van der Waals surface area contributed by atoms with Crippen LogP contribution >= 0.6 is 0 Å². The minimum atomic E-state index is -0.760. The van der Waals surface area contributed by atoms with Gasteiger partial charge in [0.05, 0.1) is 6.34 Å². The van der Waals surface area contributed by atoms with E-state index in [2.05, 4.69) is 41.4 Å². The summed E-state index contributed by atoms with van der Waals surface area (Å²) in [5, 5.41) is 8.74. The van der Waals surface area contributed by atoms with Crippen LogP contribution in [0.5, 0.6) is 0 Å². The molecule has 0 aliphatic carbocycles. The molecule has 4 heteroatoms. The van der Waals surface area contributed by atoms with Crippen molar-refractivity contribution in [1.29, 1.82) is 0 Å². The molecule has 0 saturated carbocycles. The van der Waals surface area contributed by atoms with Gasteiger partial charge in [-0.15, -0.1) is 0 Å². The van der Waals surface area contributed by atoms with Crippen molar-refractivity contribution in [2.24, 2.45) is 10.7 Å². The monoisotopic (exact) mass is 324 g/mol. The van der Waals surface area contributed by atoms with Crippen LogP contribution in [0.15, 0.2) is 53.5 Å². The summed E-state index contributed by atoms with van der Waals surface area (Å²) in [4.78, 5) is 14.6. The first kappa shape index (κ1) is 17.7. The minimum absolute atomic E-state index is 0.170. The smallest absolute Gasteiger partial charge is 0.303 e. The van der Waals surface area contributed by atoms with Crippen LogP contribution in [0.2, 0.25) is 0 Å². The van der Waals surface area contributed by atoms with Crippen LogP contribution in [0.4, 0.5) is 0 Å². The lowest BCUT2D eigenvalue weighted by Gasteiger charge is -2.07. The number of aliphatic imine (C=N–C) groups is 1. The molecule has 0 aliphatic heterocycles. The first-order chi connectivity index (χ1) is 11.7. The fourth-order valence-electron chi connectivity index (χ4n) is 2.63. The molecule has 2 aromatic rings. The number of unbranched alkanes of at least 4 members (excludes halogenated alkanes) is 1. The van der Waals surface area contributed by atoms with Gasteiger partial charge in [-0.1, -0.05) is 48.5 Å². The molecular formula is C20H24N2O2. The number of aryl methyl sites for hydroxylation is 2. The summed E-state index contributed by atoms with van der Waals surface area (Å²) in [6.45, 7) is 0.786. The summed E-state index contributed by atoms with van der Waals surface area (Å²) >= 11 is 0. The highest BCUT2D eigenvalue weighted by Gasteiger charge is 2.02. The van der Waals surface area contributed by atoms with Crippen molar-refractivity contribution in [1.82, 2.24) is 0 Å². The summed E-state index contributed by atoms with van der Waals surface area (Å²) in [5.41, 5.74) is 9.95. The third-order valence-corrected chi connectivity index (χ3v) is 3.95. The summed E-state index contributed by atoms with van der Waals surface area (Å²) < 4.78 is 0. The van der Waals surface area contributed by atoms with Gasteiger partial charge < -0.3 is 10.8 Å². The molecule has 0 aromatic heterocycles. The quantitative estimate of drug-likeness (QED) is 0.420. The van der Waals surface area contributed by atoms with Crippen molar-refractivity contribution in [2.45, 2.75) is 32.1 Å². The Balaban J connectivity index is 1.96. The van der Waals surface area contributed by atoms with Gasteiger partial charge in [-0.2, -0.15) is 0 Å². The van der Waals surface area contributed by atoms with Gasteiger partial charge in [0.2, 0.25) is 0 Å². The van der Waals surface area contributed by atoms with E-state index in [-0.39, 0.29) is 6.42 Å². The average Bonchev–Trinajstić information content (AvgIpc) is 2.60. The molecule has 3 N–H and O–H groups in total. The summed E-state index contributed by atoms with van der Waals surface area (Å²) in [5.74, 6) is -0.760. The van der Waals surface area contributed by atoms with Gasteiger partial charge in [-0.05, 0) is 47.9 Å². The van der Waals surface area contributed by atoms with Gasteiger partial charge in [0, 0.05) is 13.0 Å². The van der Waals surface area contributed by atoms with Crippen LogP contribution in [-0.2, 0) is 17.6 Å². The number of nitrogens with zero attached hydrogens (tertiary/aromatic N) is 1. The molecule has 0 atom stereocenters. The average molecular weight is 324 g/mol. The summed E-state index contributed by atoms with van der Waals surface area (Å²) in [6, 6.07) is 16.7. The predicted octanol–water partition coefficient (Wildman–Crippen LogP) is 3.68. The number of carboxylic acids is 1. The van der Waals surface area contributed by atoms with E-state index in [9.17, 15) is 4.79 Å². The molecule has 0 heterocycles. The number of hydrogen-bond donors (Lipinski definition) is 2. The van der Waals surface area contributed by atoms with Crippen molar-refractivity contribution in [3.8, 4) is 11.1 Å². The summed E-state index contributed by atoms with van der Waals surface area (Å²) in [7, 11) is 0. The van der Waals surface area contributed by atoms with Crippen molar-refractivity contribution in [3.63, 3.8) is 0 Å². The Bertz CT molecular complexity index is 678. The molecule has 0 unspecified atom stereocenters. The van der Waals surface area contributed by atoms with Gasteiger partial charge >= 0.3 is 5.97 Å². The third-order valence-electron chi connectivity index (χ3n) is 3.95. The topological polar surface area (TPSA) is 75.7 Å². The second-order valence-corrected chi connectivity index (χ2v) is 5.80. The lowest BCUT2D eigenvalue weighted by Crippen LogP contribution is -1.97. The lowest BCUT2D eigenvalue weighted by atomic mass is 9.99. The van der Waals surface area contributed by atoms with Crippen LogP contribution in [0.25, 0.3) is 11.1 Å². The number of rotatable bonds is 9. The second kappa shape index (κ2) is 9.50. The lowest BCUT2D eigenvalue weighted by molar-refractivity contribution is -0.136. The van der Waals surface area contributed by atoms with Crippen LogP contribution < -0.4 is 5.73 Å². The first-order valence-corrected chi connectivity index (χ1v) is 8.29. The number of aliphatic carboxylic acids is 1. The predicted molar refractivity (Wildman–Crippen MR) is 98.3 cm³/mol. The maximum absolute atomic E-state index is 10.6. The Morgan fingerprint density at radius 1 is 1.00 bits per heavy atom. The zero-order valence-electron chi connectivity index (χ0n) is 13.8. The Morgan fingerprint density at radius 3 is 2.50 bits per heavy atom. The molecule has 126 valence electrons. The molecule has 0 radical (unpaired) electrons. The van der Waals surface area contributed by atoms with E-state index in [1.54, 1.807) is 0 Å². The van der Waals surface area contributed by atoms with Crippen LogP contribution in [0, 0.1) is 0 Å². The third kappa shape index (κ3) is 5.88. The molecule has 0 fully saturated rings. The molecular weight excluding hydrogens is 300 g/mol. The van der Waals surface area contributed by atoms with Gasteiger partial charge in [-0.3, -0.25) is 9.79 Å². The number of carboxylic acid groups (broad SMARTS) is 1. The number of nitrogens with two attached hydrogens (primary N) is 1. The highest BCUT2D eigenvalue weighted by atomic mass is 16.4. The standard InChI is InChI=1S/C20H24N2O2/c21-15-22-13-2-1-4-17-5-3-6-19(14-17)18-10-7-16(8-11-18)9-12-20(23)24/h3,5-8,10-11,14-15H,1-2,4,9,12-13H2,(H2,21,22)(H,23,24). The van der Waals surface area contributed by atoms with E-state index in [0.717, 1.165) is 36.9 Å². The number of benzene rings is 2. The van der Waals surface area contributed by atoms with Crippen molar-refractivity contribution in [3.05, 3.63) is 59.7 Å². The fourth-order valence-corrected chi connectivity index (χ4v) is 2.63. The zero-order chi connectivity index (χ0) is 17.2. The summed E-state index contributed by atoms with van der Waals surface area (Å²) in [6.07, 6.45) is 5.26. The van der Waals surface area contributed by atoms with E-state index in [0.29, 0.717) is 6.42 Å². The molecule has 0 amide bonds. The Hall–Kier alpha value is -2.62. The minimum Gasteiger partial charge on any atom is -0.481 e. The Kier molecular flexibility index (Phi) is 7.02. The molecule has 2 rings (SSSR count). The normalized spacial score (nSPS) is 11.0. The van der Waals surface area contributed by atoms with Gasteiger partial charge in [0.1, 0.15) is 0 Å². The maximum Gasteiger partial charge on any atom is 0.303 e. The molecule has 0 aliphatic rings. The largest absolute Gasteiger partial charge is 0.481 e. The molecule has 24 heavy (non-hydrogen) atoms. The van der Waals surface area contributed by atoms with Crippen LogP contribution in [0.1, 0.15) is 30.4 Å². The highest BCUT2D eigenvalue weighted by molar-refractivity contribution is 5.67. The van der Waals surface area contributed by atoms with Crippen LogP contribution in [-0.4, -0.2) is 24.0 Å². The van der Waals surface area contributed by atoms with E-state index in [4.69, 9.17) is 10.8 Å². The van der Waals surface area contributed by atoms with E-state index in [1.807, 2.05) is 12.1 Å². The van der Waals surface area contributed by atoms with E-state index < -0.39 is 5.97 Å². The Morgan fingerprint density at radius 2 is 1.79 bits per heavy atom. The second-order valence-electron chi connectivity index (χ2n) is 5.80. The van der Waals surface area contributed by atoms with Gasteiger partial charge in [0.25, 0.3) is 0 Å². The number of carbonyl (C=O) groups is 1. The van der Waals surface area contributed by atoms with Crippen LogP contribution in [0.3, 0.4) is 0 Å². The SMILES string of the molecule is NC=NCCCCc1cccc(-c2ccc(CCC(=O)O)cc2)c1. The number of hydrogen-bond acceptors (Lipinski definition) is 2. The maximum atomic E-state index is 10.6. The fraction of sp³-hybridized carbons (Fsp3) is 0.300. The van der Waals surface area contributed by atoms with E-state index >= 15 is 0 Å². The highest BCUT2D eigenvalue weighted by Crippen LogP contribution is 2.22. The Labute approximate surface area is 143 Å². The molecule has 0 spiro atoms.